The number of hydrogen-bond donors (Lipinski definition) is 2. The Bertz CT molecular complexity index is 4610. The van der Waals surface area contributed by atoms with Gasteiger partial charge in [0.05, 0.1) is 62.0 Å². The first kappa shape index (κ1) is 92.1. The second-order valence-corrected chi connectivity index (χ2v) is 24.5. The number of benzene rings is 8. The molecule has 0 aliphatic rings. The molecule has 0 unspecified atom stereocenters. The largest absolute Gasteiger partial charge is 3.00 e. The minimum absolute atomic E-state index is 0. The molecule has 0 heterocycles. The van der Waals surface area contributed by atoms with Gasteiger partial charge in [-0.05, 0) is 60.7 Å². The van der Waals surface area contributed by atoms with E-state index in [0.717, 1.165) is 48.5 Å². The molecular weight excluding hydrogens is 1460 g/mol. The van der Waals surface area contributed by atoms with Crippen LogP contribution in [0.15, 0.2) is 171 Å². The molecule has 0 fully saturated rings. The molecule has 34 nitrogen and oxygen atoms in total. The third-order valence-corrected chi connectivity index (χ3v) is 16.2. The molecule has 1 radical (unpaired) electrons. The van der Waals surface area contributed by atoms with Crippen LogP contribution in [0, 0.1) is 20.2 Å². The number of fused-ring (bicyclic) bond motifs is 2. The summed E-state index contributed by atoms with van der Waals surface area (Å²) >= 11 is 0. The maximum absolute atomic E-state index is 12.9. The first-order valence-corrected chi connectivity index (χ1v) is 30.1. The van der Waals surface area contributed by atoms with Crippen LogP contribution in [0.25, 0.3) is 21.5 Å². The van der Waals surface area contributed by atoms with E-state index in [2.05, 4.69) is 31.1 Å². The normalized spacial score (nSPS) is 11.5. The van der Waals surface area contributed by atoms with Crippen molar-refractivity contribution in [1.29, 1.82) is 0 Å². The number of azo groups is 2. The predicted molar refractivity (Wildman–Crippen MR) is 267 cm³/mol. The summed E-state index contributed by atoms with van der Waals surface area (Å²) in [5.41, 5.74) is -6.15. The van der Waals surface area contributed by atoms with Crippen LogP contribution in [0.4, 0.5) is 56.9 Å². The van der Waals surface area contributed by atoms with Gasteiger partial charge in [0, 0.05) is 68.6 Å². The number of nitro benzene ring substituents is 2. The standard InChI is InChI=1S/2C22H16N4O13S3.Cr.7Na/c2*27-18-10-15-14(2-1-3-16(15)23-11-4-6-13(7-5-11)40(31,32)33)22(42(37,38)39)20(18)25-24-17-8-12(26(29)30)9-19(21(17)28)41(34,35)36;;;;;;;;/h2*1-10,23,27-28H,(H,31,32,33)(H,34,35,36)(H,37,38,39);;;;;;;;/q;;+3;7*+1/p-10. The van der Waals surface area contributed by atoms with E-state index in [4.69, 9.17) is 0 Å². The summed E-state index contributed by atoms with van der Waals surface area (Å²) in [5.74, 6) is -5.75. The number of rotatable bonds is 16. The topological polar surface area (TPSA) is 595 Å². The van der Waals surface area contributed by atoms with Gasteiger partial charge in [-0.15, -0.1) is 10.2 Å². The molecule has 443 valence electrons. The van der Waals surface area contributed by atoms with E-state index in [1.54, 1.807) is 0 Å². The minimum atomic E-state index is -5.53. The third kappa shape index (κ3) is 22.6. The molecule has 92 heavy (non-hydrogen) atoms. The number of nitrogens with zero attached hydrogens (tertiary/aromatic N) is 6. The van der Waals surface area contributed by atoms with Crippen LogP contribution < -0.4 is 238 Å². The van der Waals surface area contributed by atoms with Gasteiger partial charge in [0.15, 0.2) is 0 Å². The van der Waals surface area contributed by atoms with E-state index in [1.807, 2.05) is 0 Å². The number of non-ortho nitro benzene ring substituents is 2. The molecule has 0 aromatic heterocycles. The van der Waals surface area contributed by atoms with Crippen molar-refractivity contribution in [1.82, 2.24) is 0 Å². The van der Waals surface area contributed by atoms with Gasteiger partial charge in [-0.3, -0.25) is 20.2 Å². The van der Waals surface area contributed by atoms with Crippen LogP contribution in [-0.4, -0.2) is 87.7 Å². The molecule has 0 spiro atoms. The smallest absolute Gasteiger partial charge is 0.871 e. The second-order valence-electron chi connectivity index (χ2n) is 16.4. The summed E-state index contributed by atoms with van der Waals surface area (Å²) in [6, 6.07) is 19.1. The van der Waals surface area contributed by atoms with Gasteiger partial charge >= 0.3 is 224 Å². The fourth-order valence-electron chi connectivity index (χ4n) is 7.43. The fourth-order valence-corrected chi connectivity index (χ4v) is 11.2. The molecule has 0 bridgehead atoms. The van der Waals surface area contributed by atoms with Crippen molar-refractivity contribution in [2.75, 3.05) is 10.6 Å². The number of anilines is 4. The average Bonchev–Trinajstić information content (AvgIpc) is 2.68. The van der Waals surface area contributed by atoms with Crippen LogP contribution in [0.2, 0.25) is 0 Å². The van der Waals surface area contributed by atoms with Gasteiger partial charge in [-0.25, -0.2) is 50.5 Å². The van der Waals surface area contributed by atoms with E-state index in [9.17, 15) is 118 Å². The average molecular weight is 1480 g/mol. The molecule has 0 aliphatic carbocycles. The van der Waals surface area contributed by atoms with Crippen LogP contribution in [0.3, 0.4) is 0 Å². The van der Waals surface area contributed by atoms with Crippen LogP contribution in [-0.2, 0) is 78.1 Å². The van der Waals surface area contributed by atoms with E-state index >= 15 is 0 Å². The van der Waals surface area contributed by atoms with E-state index < -0.39 is 157 Å². The Hall–Kier alpha value is -1.93. The summed E-state index contributed by atoms with van der Waals surface area (Å²) in [6.07, 6.45) is 0. The SMILES string of the molecule is O=[N+]([O-])c1cc(N=Nc2c([O-])cc3c(Nc4ccc(S(=O)(=O)[O-])cc4)cccc3c2S(=O)(=O)[O-])c([O-])c(S(=O)(=O)[O-])c1.O=[N+]([O-])c1cc(N=Nc2c([O-])cc3c(Nc4ccc(S(=O)(=O)[O-])cc4)cccc3c2S(=O)(=O)[O-])c([O-])c(S(=O)(=O)[O-])c1.[Cr+3].[Na+].[Na+].[Na+].[Na+].[Na+].[Na+].[Na+]. The van der Waals surface area contributed by atoms with Crippen molar-refractivity contribution in [3.8, 4) is 23.0 Å². The first-order chi connectivity index (χ1) is 38.7. The number of nitro groups is 2. The maximum atomic E-state index is 12.9. The van der Waals surface area contributed by atoms with Crippen molar-refractivity contribution >= 4 is 139 Å². The Kier molecular flexibility index (Phi) is 36.3. The molecule has 2 N–H and O–H groups in total. The van der Waals surface area contributed by atoms with Crippen molar-refractivity contribution in [2.45, 2.75) is 29.4 Å². The second kappa shape index (κ2) is 36.2. The van der Waals surface area contributed by atoms with Crippen LogP contribution in [0.1, 0.15) is 0 Å². The molecule has 0 saturated carbocycles. The van der Waals surface area contributed by atoms with Crippen molar-refractivity contribution < 1.29 is 332 Å². The Morgan fingerprint density at radius 1 is 0.359 bits per heavy atom. The van der Waals surface area contributed by atoms with Gasteiger partial charge < -0.3 is 58.4 Å². The molecule has 0 atom stereocenters. The number of hydrogen-bond acceptors (Lipinski definition) is 32. The zero-order valence-electron chi connectivity index (χ0n) is 47.7. The fraction of sp³-hybridized carbons (Fsp3) is 0. The Morgan fingerprint density at radius 2 is 0.652 bits per heavy atom. The Labute approximate surface area is 685 Å². The molecular formula is C44H22CrN8Na7O26S6. The van der Waals surface area contributed by atoms with E-state index in [-0.39, 0.29) is 281 Å². The maximum Gasteiger partial charge on any atom is 3.00 e. The molecule has 0 aliphatic heterocycles. The number of nitrogens with one attached hydrogen (secondary N) is 2. The molecule has 48 heteroatoms. The van der Waals surface area contributed by atoms with E-state index in [0.29, 0.717) is 12.1 Å². The van der Waals surface area contributed by atoms with Crippen LogP contribution >= 0.6 is 0 Å². The van der Waals surface area contributed by atoms with Crippen molar-refractivity contribution in [3.63, 3.8) is 0 Å². The molecule has 0 saturated heterocycles. The quantitative estimate of drug-likeness (QED) is 0.0298. The van der Waals surface area contributed by atoms with E-state index in [1.165, 1.54) is 48.5 Å². The summed E-state index contributed by atoms with van der Waals surface area (Å²) in [5, 5.41) is 90.7. The molecule has 8 rings (SSSR count). The summed E-state index contributed by atoms with van der Waals surface area (Å²) in [6.45, 7) is 0. The summed E-state index contributed by atoms with van der Waals surface area (Å²) < 4.78 is 209. The Morgan fingerprint density at radius 3 is 0.902 bits per heavy atom. The first-order valence-electron chi connectivity index (χ1n) is 21.6. The van der Waals surface area contributed by atoms with Gasteiger partial charge in [0.1, 0.15) is 60.7 Å². The van der Waals surface area contributed by atoms with Gasteiger partial charge in [0.2, 0.25) is 0 Å². The third-order valence-electron chi connectivity index (χ3n) is 11.0. The van der Waals surface area contributed by atoms with Crippen molar-refractivity contribution in [3.05, 3.63) is 142 Å². The van der Waals surface area contributed by atoms with Gasteiger partial charge in [-0.1, -0.05) is 59.4 Å². The monoisotopic (exact) mass is 1480 g/mol. The Balaban J connectivity index is 0. The molecule has 8 aromatic rings. The van der Waals surface area contributed by atoms with Gasteiger partial charge in [-0.2, -0.15) is 10.2 Å². The molecule has 8 aromatic carbocycles. The van der Waals surface area contributed by atoms with Gasteiger partial charge in [0.25, 0.3) is 11.4 Å². The zero-order valence-corrected chi connectivity index (χ0v) is 67.9. The predicted octanol–water partition coefficient (Wildman–Crippen LogP) is -17.4. The van der Waals surface area contributed by atoms with Crippen molar-refractivity contribution in [2.24, 2.45) is 20.5 Å². The van der Waals surface area contributed by atoms with Crippen LogP contribution in [0.5, 0.6) is 23.0 Å². The zero-order chi connectivity index (χ0) is 62.4. The molecule has 0 amide bonds. The summed E-state index contributed by atoms with van der Waals surface area (Å²) in [7, 11) is -31.6. The summed E-state index contributed by atoms with van der Waals surface area (Å²) in [4.78, 5) is 13.4. The minimum Gasteiger partial charge on any atom is -0.871 e.